The summed E-state index contributed by atoms with van der Waals surface area (Å²) in [5, 5.41) is 0. The second-order valence-corrected chi connectivity index (χ2v) is 5.48. The van der Waals surface area contributed by atoms with Crippen molar-refractivity contribution in [1.82, 2.24) is 0 Å². The van der Waals surface area contributed by atoms with E-state index >= 15 is 0 Å². The van der Waals surface area contributed by atoms with Crippen LogP contribution in [-0.4, -0.2) is 24.6 Å². The Morgan fingerprint density at radius 3 is 2.29 bits per heavy atom. The minimum Gasteiger partial charge on any atom is -0.462 e. The summed E-state index contributed by atoms with van der Waals surface area (Å²) >= 11 is 0. The first-order valence-electron chi connectivity index (χ1n) is 8.01. The number of ether oxygens (including phenoxy) is 2. The van der Waals surface area contributed by atoms with E-state index in [1.165, 1.54) is 0 Å². The summed E-state index contributed by atoms with van der Waals surface area (Å²) in [5.41, 5.74) is 0. The van der Waals surface area contributed by atoms with Crippen LogP contribution in [0.2, 0.25) is 0 Å². The molecular formula is C17H30O4. The van der Waals surface area contributed by atoms with E-state index in [1.54, 1.807) is 0 Å². The SMILES string of the molecule is CCC/C=C/COC(=O)CCCC(=O)OC(CC)C(C)C. The quantitative estimate of drug-likeness (QED) is 0.427. The first kappa shape index (κ1) is 19.7. The molecule has 4 heteroatoms. The Kier molecular flexibility index (Phi) is 11.6. The van der Waals surface area contributed by atoms with E-state index in [1.807, 2.05) is 32.9 Å². The second kappa shape index (κ2) is 12.4. The van der Waals surface area contributed by atoms with E-state index in [2.05, 4.69) is 6.92 Å². The average Bonchev–Trinajstić information content (AvgIpc) is 2.44. The van der Waals surface area contributed by atoms with Crippen LogP contribution in [0.1, 0.15) is 66.2 Å². The normalized spacial score (nSPS) is 12.6. The summed E-state index contributed by atoms with van der Waals surface area (Å²) < 4.78 is 10.4. The van der Waals surface area contributed by atoms with Crippen molar-refractivity contribution in [2.75, 3.05) is 6.61 Å². The van der Waals surface area contributed by atoms with Gasteiger partial charge in [0.2, 0.25) is 0 Å². The molecule has 0 radical (unpaired) electrons. The van der Waals surface area contributed by atoms with Crippen molar-refractivity contribution in [3.05, 3.63) is 12.2 Å². The van der Waals surface area contributed by atoms with Gasteiger partial charge in [-0.05, 0) is 25.2 Å². The molecule has 0 amide bonds. The maximum atomic E-state index is 11.6. The van der Waals surface area contributed by atoms with Crippen molar-refractivity contribution in [3.63, 3.8) is 0 Å². The smallest absolute Gasteiger partial charge is 0.306 e. The third-order valence-corrected chi connectivity index (χ3v) is 3.15. The number of esters is 2. The highest BCUT2D eigenvalue weighted by molar-refractivity contribution is 5.72. The standard InChI is InChI=1S/C17H30O4/c1-5-7-8-9-13-20-16(18)11-10-12-17(19)21-15(6-2)14(3)4/h8-9,14-15H,5-7,10-13H2,1-4H3/b9-8+. The molecule has 122 valence electrons. The van der Waals surface area contributed by atoms with Crippen LogP contribution in [0.5, 0.6) is 0 Å². The Morgan fingerprint density at radius 2 is 1.71 bits per heavy atom. The second-order valence-electron chi connectivity index (χ2n) is 5.48. The lowest BCUT2D eigenvalue weighted by molar-refractivity contribution is -0.151. The number of unbranched alkanes of at least 4 members (excludes halogenated alkanes) is 1. The molecular weight excluding hydrogens is 268 g/mol. The Hall–Kier alpha value is -1.32. The van der Waals surface area contributed by atoms with Gasteiger partial charge >= 0.3 is 11.9 Å². The molecule has 0 aliphatic heterocycles. The largest absolute Gasteiger partial charge is 0.462 e. The Labute approximate surface area is 128 Å². The average molecular weight is 298 g/mol. The van der Waals surface area contributed by atoms with Crippen LogP contribution in [-0.2, 0) is 19.1 Å². The summed E-state index contributed by atoms with van der Waals surface area (Å²) in [7, 11) is 0. The lowest BCUT2D eigenvalue weighted by Gasteiger charge is -2.19. The lowest BCUT2D eigenvalue weighted by atomic mass is 10.1. The first-order chi connectivity index (χ1) is 10.0. The molecule has 0 N–H and O–H groups in total. The molecule has 0 aliphatic carbocycles. The van der Waals surface area contributed by atoms with Crippen molar-refractivity contribution in [2.24, 2.45) is 5.92 Å². The van der Waals surface area contributed by atoms with Gasteiger partial charge in [-0.15, -0.1) is 0 Å². The minimum absolute atomic E-state index is 0.0341. The van der Waals surface area contributed by atoms with E-state index in [0.717, 1.165) is 19.3 Å². The fourth-order valence-electron chi connectivity index (χ4n) is 1.86. The molecule has 1 atom stereocenters. The van der Waals surface area contributed by atoms with Crippen molar-refractivity contribution < 1.29 is 19.1 Å². The third-order valence-electron chi connectivity index (χ3n) is 3.15. The number of carbonyl (C=O) groups excluding carboxylic acids is 2. The zero-order valence-corrected chi connectivity index (χ0v) is 13.9. The third kappa shape index (κ3) is 11.1. The predicted octanol–water partition coefficient (Wildman–Crippen LogP) is 4.03. The van der Waals surface area contributed by atoms with Crippen LogP contribution in [0, 0.1) is 5.92 Å². The number of rotatable bonds is 11. The van der Waals surface area contributed by atoms with Crippen molar-refractivity contribution in [1.29, 1.82) is 0 Å². The van der Waals surface area contributed by atoms with E-state index in [-0.39, 0.29) is 30.9 Å². The van der Waals surface area contributed by atoms with Gasteiger partial charge in [0.25, 0.3) is 0 Å². The highest BCUT2D eigenvalue weighted by Crippen LogP contribution is 2.12. The minimum atomic E-state index is -0.264. The Balaban J connectivity index is 3.73. The molecule has 21 heavy (non-hydrogen) atoms. The zero-order valence-electron chi connectivity index (χ0n) is 13.9. The molecule has 0 fully saturated rings. The van der Waals surface area contributed by atoms with Gasteiger partial charge in [0.05, 0.1) is 0 Å². The summed E-state index contributed by atoms with van der Waals surface area (Å²) in [6, 6.07) is 0. The van der Waals surface area contributed by atoms with Gasteiger partial charge in [0, 0.05) is 12.8 Å². The Bertz CT molecular complexity index is 321. The molecule has 0 rings (SSSR count). The van der Waals surface area contributed by atoms with Gasteiger partial charge in [-0.2, -0.15) is 0 Å². The summed E-state index contributed by atoms with van der Waals surface area (Å²) in [5.74, 6) is -0.176. The van der Waals surface area contributed by atoms with Crippen molar-refractivity contribution >= 4 is 11.9 Å². The molecule has 0 bridgehead atoms. The highest BCUT2D eigenvalue weighted by Gasteiger charge is 2.16. The molecule has 0 aromatic carbocycles. The van der Waals surface area contributed by atoms with Gasteiger partial charge in [0.15, 0.2) is 0 Å². The number of hydrogen-bond donors (Lipinski definition) is 0. The van der Waals surface area contributed by atoms with E-state index < -0.39 is 0 Å². The monoisotopic (exact) mass is 298 g/mol. The molecule has 4 nitrogen and oxygen atoms in total. The Morgan fingerprint density at radius 1 is 1.05 bits per heavy atom. The van der Waals surface area contributed by atoms with Crippen LogP contribution < -0.4 is 0 Å². The van der Waals surface area contributed by atoms with Crippen LogP contribution in [0.3, 0.4) is 0 Å². The van der Waals surface area contributed by atoms with Crippen LogP contribution in [0.4, 0.5) is 0 Å². The van der Waals surface area contributed by atoms with Gasteiger partial charge in [-0.3, -0.25) is 9.59 Å². The van der Waals surface area contributed by atoms with Gasteiger partial charge in [-0.1, -0.05) is 46.3 Å². The molecule has 0 heterocycles. The first-order valence-corrected chi connectivity index (χ1v) is 8.01. The van der Waals surface area contributed by atoms with Gasteiger partial charge < -0.3 is 9.47 Å². The fourth-order valence-corrected chi connectivity index (χ4v) is 1.86. The summed E-state index contributed by atoms with van der Waals surface area (Å²) in [4.78, 5) is 23.1. The number of allylic oxidation sites excluding steroid dienone is 1. The van der Waals surface area contributed by atoms with E-state index in [4.69, 9.17) is 9.47 Å². The highest BCUT2D eigenvalue weighted by atomic mass is 16.5. The fraction of sp³-hybridized carbons (Fsp3) is 0.765. The topological polar surface area (TPSA) is 52.6 Å². The van der Waals surface area contributed by atoms with Crippen LogP contribution >= 0.6 is 0 Å². The van der Waals surface area contributed by atoms with E-state index in [0.29, 0.717) is 18.9 Å². The maximum Gasteiger partial charge on any atom is 0.306 e. The molecule has 0 aromatic heterocycles. The van der Waals surface area contributed by atoms with Crippen molar-refractivity contribution in [3.8, 4) is 0 Å². The summed E-state index contributed by atoms with van der Waals surface area (Å²) in [6.45, 7) is 8.48. The zero-order chi connectivity index (χ0) is 16.1. The van der Waals surface area contributed by atoms with Gasteiger partial charge in [0.1, 0.15) is 12.7 Å². The molecule has 0 aliphatic rings. The number of carbonyl (C=O) groups is 2. The predicted molar refractivity (Wildman–Crippen MR) is 83.9 cm³/mol. The van der Waals surface area contributed by atoms with E-state index in [9.17, 15) is 9.59 Å². The number of hydrogen-bond acceptors (Lipinski definition) is 4. The van der Waals surface area contributed by atoms with Crippen LogP contribution in [0.15, 0.2) is 12.2 Å². The molecule has 0 saturated carbocycles. The maximum absolute atomic E-state index is 11.6. The molecule has 1 unspecified atom stereocenters. The molecule has 0 aromatic rings. The van der Waals surface area contributed by atoms with Crippen molar-refractivity contribution in [2.45, 2.75) is 72.3 Å². The lowest BCUT2D eigenvalue weighted by Crippen LogP contribution is -2.22. The van der Waals surface area contributed by atoms with Gasteiger partial charge in [-0.25, -0.2) is 0 Å². The molecule has 0 saturated heterocycles. The molecule has 0 spiro atoms. The van der Waals surface area contributed by atoms with Crippen LogP contribution in [0.25, 0.3) is 0 Å². The summed E-state index contributed by atoms with van der Waals surface area (Å²) in [6.07, 6.45) is 7.72.